The number of aromatic nitrogens is 2. The van der Waals surface area contributed by atoms with Crippen molar-refractivity contribution in [1.82, 2.24) is 14.2 Å². The number of carbonyl (C=O) groups excluding carboxylic acids is 3. The molecular formula is C25H37N6O10PS. The first-order valence-corrected chi connectivity index (χ1v) is 15.6. The number of methoxy groups -OCH3 is 1. The van der Waals surface area contributed by atoms with Crippen LogP contribution >= 0.6 is 19.5 Å². The maximum atomic E-state index is 13.8. The van der Waals surface area contributed by atoms with Crippen LogP contribution in [0.25, 0.3) is 16.6 Å². The number of aldehydes is 1. The molecule has 0 aliphatic carbocycles. The lowest BCUT2D eigenvalue weighted by atomic mass is 10.00. The largest absolute Gasteiger partial charge is 0.468 e. The monoisotopic (exact) mass is 644 g/mol. The Morgan fingerprint density at radius 3 is 2.53 bits per heavy atom. The van der Waals surface area contributed by atoms with Crippen LogP contribution < -0.4 is 16.3 Å². The third-order valence-electron chi connectivity index (χ3n) is 6.05. The Morgan fingerprint density at radius 1 is 1.28 bits per heavy atom. The fourth-order valence-electron chi connectivity index (χ4n) is 3.83. The molecule has 1 saturated heterocycles. The zero-order valence-corrected chi connectivity index (χ0v) is 26.8. The summed E-state index contributed by atoms with van der Waals surface area (Å²) in [6, 6.07) is -0.893. The Bertz CT molecular complexity index is 1440. The molecule has 1 fully saturated rings. The third kappa shape index (κ3) is 9.73. The van der Waals surface area contributed by atoms with E-state index >= 15 is 0 Å². The third-order valence-corrected chi connectivity index (χ3v) is 9.14. The number of hydrogen-bond acceptors (Lipinski definition) is 12. The van der Waals surface area contributed by atoms with Gasteiger partial charge in [0.25, 0.3) is 5.56 Å². The second-order valence-electron chi connectivity index (χ2n) is 11.0. The van der Waals surface area contributed by atoms with Crippen LogP contribution in [0.4, 0.5) is 0 Å². The van der Waals surface area contributed by atoms with Gasteiger partial charge in [0, 0.05) is 40.5 Å². The number of esters is 1. The highest BCUT2D eigenvalue weighted by atomic mass is 32.2. The van der Waals surface area contributed by atoms with E-state index in [2.05, 4.69) is 15.1 Å². The Hall–Kier alpha value is -3.04. The normalized spacial score (nSPS) is 20.4. The average Bonchev–Trinajstić information content (AvgIpc) is 3.33. The molecular weight excluding hydrogens is 607 g/mol. The van der Waals surface area contributed by atoms with Gasteiger partial charge in [0.15, 0.2) is 5.12 Å². The van der Waals surface area contributed by atoms with Crippen LogP contribution in [-0.4, -0.2) is 70.3 Å². The minimum Gasteiger partial charge on any atom is -0.468 e. The molecule has 16 nitrogen and oxygen atoms in total. The fraction of sp³-hybridized carbons (Fsp3) is 0.640. The summed E-state index contributed by atoms with van der Waals surface area (Å²) >= 11 is 0.990. The van der Waals surface area contributed by atoms with Crippen LogP contribution in [0.3, 0.4) is 0 Å². The van der Waals surface area contributed by atoms with E-state index in [0.717, 1.165) is 40.3 Å². The quantitative estimate of drug-likeness (QED) is 0.0453. The lowest BCUT2D eigenvalue weighted by molar-refractivity contribution is -0.146. The molecule has 1 unspecified atom stereocenters. The van der Waals surface area contributed by atoms with Crippen molar-refractivity contribution in [1.29, 1.82) is 0 Å². The van der Waals surface area contributed by atoms with E-state index in [1.54, 1.807) is 20.8 Å². The fourth-order valence-corrected chi connectivity index (χ4v) is 6.39. The van der Waals surface area contributed by atoms with Crippen LogP contribution in [0.1, 0.15) is 52.8 Å². The summed E-state index contributed by atoms with van der Waals surface area (Å²) in [5.74, 6) is -0.612. The van der Waals surface area contributed by atoms with Crippen molar-refractivity contribution >= 4 is 43.1 Å². The van der Waals surface area contributed by atoms with Crippen LogP contribution in [0.15, 0.2) is 27.0 Å². The summed E-state index contributed by atoms with van der Waals surface area (Å²) in [6.45, 7) is 8.92. The SMILES string of the molecule is COC(=O)C(C)(C)NP(=O)(OCCSC(=O)C(C)(C)C)OC[C@H]1O[C@@H](n2cc(C)c(=O)n(/C=C/C=O)c2=O)C[C@@H]1N=[N+]=[N-]. The Morgan fingerprint density at radius 2 is 1.95 bits per heavy atom. The van der Waals surface area contributed by atoms with Crippen molar-refractivity contribution in [2.24, 2.45) is 10.5 Å². The Kier molecular flexibility index (Phi) is 12.7. The van der Waals surface area contributed by atoms with Crippen molar-refractivity contribution in [3.63, 3.8) is 0 Å². The van der Waals surface area contributed by atoms with Gasteiger partial charge in [0.1, 0.15) is 18.1 Å². The topological polar surface area (TPSA) is 210 Å². The number of ether oxygens (including phenoxy) is 2. The molecule has 0 saturated carbocycles. The second-order valence-corrected chi connectivity index (χ2v) is 13.8. The van der Waals surface area contributed by atoms with Gasteiger partial charge in [-0.25, -0.2) is 19.0 Å². The first kappa shape index (κ1) is 36.2. The van der Waals surface area contributed by atoms with Crippen molar-refractivity contribution in [3.8, 4) is 0 Å². The van der Waals surface area contributed by atoms with Crippen LogP contribution in [-0.2, 0) is 37.5 Å². The van der Waals surface area contributed by atoms with Crippen molar-refractivity contribution in [2.45, 2.75) is 71.9 Å². The van der Waals surface area contributed by atoms with Gasteiger partial charge < -0.3 is 9.47 Å². The van der Waals surface area contributed by atoms with Crippen molar-refractivity contribution in [3.05, 3.63) is 49.1 Å². The number of rotatable bonds is 14. The van der Waals surface area contributed by atoms with Gasteiger partial charge in [0.05, 0.1) is 32.5 Å². The van der Waals surface area contributed by atoms with Gasteiger partial charge >= 0.3 is 19.4 Å². The summed E-state index contributed by atoms with van der Waals surface area (Å²) < 4.78 is 37.6. The van der Waals surface area contributed by atoms with E-state index in [9.17, 15) is 28.5 Å². The van der Waals surface area contributed by atoms with Gasteiger partial charge in [-0.3, -0.25) is 32.8 Å². The first-order chi connectivity index (χ1) is 20.0. The zero-order chi connectivity index (χ0) is 32.6. The lowest BCUT2D eigenvalue weighted by Gasteiger charge is -2.29. The number of azide groups is 1. The van der Waals surface area contributed by atoms with Crippen LogP contribution in [0, 0.1) is 12.3 Å². The van der Waals surface area contributed by atoms with Gasteiger partial charge in [-0.05, 0) is 32.4 Å². The van der Waals surface area contributed by atoms with Gasteiger partial charge in [-0.1, -0.05) is 37.6 Å². The van der Waals surface area contributed by atoms with E-state index in [1.807, 2.05) is 0 Å². The molecule has 0 bridgehead atoms. The van der Waals surface area contributed by atoms with Gasteiger partial charge in [-0.2, -0.15) is 0 Å². The number of aryl methyl sites for hydroxylation is 1. The van der Waals surface area contributed by atoms with Gasteiger partial charge in [-0.15, -0.1) is 0 Å². The molecule has 0 radical (unpaired) electrons. The molecule has 238 valence electrons. The molecule has 2 heterocycles. The minimum absolute atomic E-state index is 0.00910. The number of carbonyl (C=O) groups is 3. The molecule has 18 heteroatoms. The van der Waals surface area contributed by atoms with Gasteiger partial charge in [0.2, 0.25) is 0 Å². The molecule has 1 aromatic heterocycles. The summed E-state index contributed by atoms with van der Waals surface area (Å²) in [5, 5.41) is 6.18. The molecule has 0 spiro atoms. The van der Waals surface area contributed by atoms with E-state index in [0.29, 0.717) is 6.29 Å². The molecule has 1 aromatic rings. The van der Waals surface area contributed by atoms with Crippen LogP contribution in [0.5, 0.6) is 0 Å². The highest BCUT2D eigenvalue weighted by molar-refractivity contribution is 8.13. The second kappa shape index (κ2) is 15.1. The minimum atomic E-state index is -4.29. The van der Waals surface area contributed by atoms with Crippen molar-refractivity contribution in [2.75, 3.05) is 26.1 Å². The smallest absolute Gasteiger partial charge is 0.406 e. The highest BCUT2D eigenvalue weighted by Crippen LogP contribution is 2.47. The molecule has 4 atom stereocenters. The molecule has 0 aromatic carbocycles. The summed E-state index contributed by atoms with van der Waals surface area (Å²) in [4.78, 5) is 63.6. The highest BCUT2D eigenvalue weighted by Gasteiger charge is 2.42. The molecule has 1 aliphatic heterocycles. The molecule has 2 rings (SSSR count). The number of thioether (sulfide) groups is 1. The number of nitrogens with zero attached hydrogens (tertiary/aromatic N) is 5. The maximum Gasteiger partial charge on any atom is 0.406 e. The van der Waals surface area contributed by atoms with E-state index < -0.39 is 60.9 Å². The molecule has 1 N–H and O–H groups in total. The predicted octanol–water partition coefficient (Wildman–Crippen LogP) is 2.94. The average molecular weight is 645 g/mol. The lowest BCUT2D eigenvalue weighted by Crippen LogP contribution is -2.46. The Labute approximate surface area is 252 Å². The summed E-state index contributed by atoms with van der Waals surface area (Å²) in [6.07, 6.45) is 1.64. The molecule has 43 heavy (non-hydrogen) atoms. The predicted molar refractivity (Wildman–Crippen MR) is 158 cm³/mol. The van der Waals surface area contributed by atoms with Crippen molar-refractivity contribution < 1.29 is 37.5 Å². The van der Waals surface area contributed by atoms with E-state index in [4.69, 9.17) is 24.1 Å². The zero-order valence-electron chi connectivity index (χ0n) is 25.0. The molecule has 1 aliphatic rings. The van der Waals surface area contributed by atoms with Crippen LogP contribution in [0.2, 0.25) is 0 Å². The van der Waals surface area contributed by atoms with E-state index in [1.165, 1.54) is 27.0 Å². The summed E-state index contributed by atoms with van der Waals surface area (Å²) in [5.41, 5.74) is 5.74. The molecule has 0 amide bonds. The first-order valence-electron chi connectivity index (χ1n) is 13.1. The maximum absolute atomic E-state index is 13.8. The summed E-state index contributed by atoms with van der Waals surface area (Å²) in [7, 11) is -3.13. The Balaban J connectivity index is 2.31. The number of nitrogens with one attached hydrogen (secondary N) is 1. The standard InChI is InChI=1S/C25H37N6O10PS/c1-16-14-31(23(36)30(20(16)33)9-8-10-32)19-13-17(27-29-26)18(41-19)15-40-42(37,28-25(5,6)21(34)38-7)39-11-12-43-22(35)24(2,3)4/h8-10,14,17-19H,11-13,15H2,1-7H3,(H,28,37)/b9-8+/t17-,18+,19+,42?/m0/s1. The number of hydrogen-bond donors (Lipinski definition) is 1. The number of allylic oxidation sites excluding steroid dienone is 1. The van der Waals surface area contributed by atoms with E-state index in [-0.39, 0.29) is 29.5 Å².